The SMILES string of the molecule is Cc1c(OCc2cccc(Cl)c2)ccc2c1O/C(=C\c1ccc(Cl)cc1)C2=O. The Labute approximate surface area is 173 Å². The number of benzene rings is 3. The Bertz CT molecular complexity index is 1090. The first-order valence-corrected chi connectivity index (χ1v) is 9.47. The number of carbonyl (C=O) groups excluding carboxylic acids is 1. The smallest absolute Gasteiger partial charge is 0.231 e. The second-order valence-electron chi connectivity index (χ2n) is 6.48. The highest BCUT2D eigenvalue weighted by Gasteiger charge is 2.30. The van der Waals surface area contributed by atoms with E-state index in [-0.39, 0.29) is 11.5 Å². The molecule has 1 heterocycles. The summed E-state index contributed by atoms with van der Waals surface area (Å²) >= 11 is 11.9. The van der Waals surface area contributed by atoms with E-state index in [2.05, 4.69) is 0 Å². The van der Waals surface area contributed by atoms with Crippen molar-refractivity contribution in [2.75, 3.05) is 0 Å². The van der Waals surface area contributed by atoms with Crippen LogP contribution in [-0.2, 0) is 6.61 Å². The minimum Gasteiger partial charge on any atom is -0.488 e. The number of ether oxygens (including phenoxy) is 2. The molecular weight excluding hydrogens is 395 g/mol. The van der Waals surface area contributed by atoms with Gasteiger partial charge in [0.25, 0.3) is 0 Å². The van der Waals surface area contributed by atoms with E-state index >= 15 is 0 Å². The third-order valence-electron chi connectivity index (χ3n) is 4.49. The van der Waals surface area contributed by atoms with Crippen LogP contribution in [0.3, 0.4) is 0 Å². The molecule has 0 fully saturated rings. The zero-order valence-corrected chi connectivity index (χ0v) is 16.6. The zero-order valence-electron chi connectivity index (χ0n) is 15.0. The predicted molar refractivity (Wildman–Crippen MR) is 111 cm³/mol. The third kappa shape index (κ3) is 3.77. The van der Waals surface area contributed by atoms with Gasteiger partial charge in [0, 0.05) is 15.6 Å². The zero-order chi connectivity index (χ0) is 19.7. The van der Waals surface area contributed by atoms with Gasteiger partial charge in [0.1, 0.15) is 18.1 Å². The first-order valence-electron chi connectivity index (χ1n) is 8.72. The van der Waals surface area contributed by atoms with E-state index in [0.29, 0.717) is 33.7 Å². The molecule has 0 saturated heterocycles. The van der Waals surface area contributed by atoms with Gasteiger partial charge in [0.2, 0.25) is 5.78 Å². The molecule has 140 valence electrons. The van der Waals surface area contributed by atoms with Crippen LogP contribution < -0.4 is 9.47 Å². The average Bonchev–Trinajstić information content (AvgIpc) is 3.00. The van der Waals surface area contributed by atoms with Gasteiger partial charge in [-0.2, -0.15) is 0 Å². The Morgan fingerprint density at radius 1 is 1.00 bits per heavy atom. The average molecular weight is 411 g/mol. The van der Waals surface area contributed by atoms with Crippen molar-refractivity contribution in [3.8, 4) is 11.5 Å². The highest BCUT2D eigenvalue weighted by Crippen LogP contribution is 2.39. The Morgan fingerprint density at radius 3 is 2.54 bits per heavy atom. The van der Waals surface area contributed by atoms with Crippen molar-refractivity contribution in [2.45, 2.75) is 13.5 Å². The fraction of sp³-hybridized carbons (Fsp3) is 0.0870. The number of hydrogen-bond donors (Lipinski definition) is 0. The standard InChI is InChI=1S/C23H16Cl2O3/c1-14-20(27-13-16-3-2-4-18(25)11-16)10-9-19-22(26)21(28-23(14)19)12-15-5-7-17(24)8-6-15/h2-12H,13H2,1H3/b21-12-. The predicted octanol–water partition coefficient (Wildman–Crippen LogP) is 6.50. The molecule has 0 radical (unpaired) electrons. The van der Waals surface area contributed by atoms with Crippen molar-refractivity contribution in [2.24, 2.45) is 0 Å². The Kier molecular flexibility index (Phi) is 5.12. The van der Waals surface area contributed by atoms with Crippen LogP contribution in [0.5, 0.6) is 11.5 Å². The van der Waals surface area contributed by atoms with Crippen molar-refractivity contribution in [1.82, 2.24) is 0 Å². The summed E-state index contributed by atoms with van der Waals surface area (Å²) in [5.74, 6) is 1.34. The topological polar surface area (TPSA) is 35.5 Å². The quantitative estimate of drug-likeness (QED) is 0.460. The van der Waals surface area contributed by atoms with Crippen molar-refractivity contribution in [1.29, 1.82) is 0 Å². The van der Waals surface area contributed by atoms with Crippen molar-refractivity contribution >= 4 is 35.1 Å². The Balaban J connectivity index is 1.57. The lowest BCUT2D eigenvalue weighted by Gasteiger charge is -2.11. The summed E-state index contributed by atoms with van der Waals surface area (Å²) in [5, 5.41) is 1.30. The normalized spacial score (nSPS) is 14.1. The van der Waals surface area contributed by atoms with E-state index in [1.807, 2.05) is 43.3 Å². The number of ketones is 1. The molecule has 28 heavy (non-hydrogen) atoms. The van der Waals surface area contributed by atoms with Gasteiger partial charge in [-0.25, -0.2) is 0 Å². The van der Waals surface area contributed by atoms with Gasteiger partial charge in [-0.15, -0.1) is 0 Å². The summed E-state index contributed by atoms with van der Waals surface area (Å²) in [6.07, 6.45) is 1.71. The van der Waals surface area contributed by atoms with E-state index in [1.54, 1.807) is 30.3 Å². The van der Waals surface area contributed by atoms with Gasteiger partial charge < -0.3 is 9.47 Å². The van der Waals surface area contributed by atoms with Crippen molar-refractivity contribution in [3.05, 3.63) is 98.7 Å². The van der Waals surface area contributed by atoms with Gasteiger partial charge in [-0.3, -0.25) is 4.79 Å². The van der Waals surface area contributed by atoms with Gasteiger partial charge >= 0.3 is 0 Å². The van der Waals surface area contributed by atoms with Crippen LogP contribution in [0.1, 0.15) is 27.0 Å². The number of hydrogen-bond acceptors (Lipinski definition) is 3. The Morgan fingerprint density at radius 2 is 1.79 bits per heavy atom. The molecule has 3 aromatic rings. The number of Topliss-reactive ketones (excluding diaryl/α,β-unsaturated/α-hetero) is 1. The maximum atomic E-state index is 12.7. The second-order valence-corrected chi connectivity index (χ2v) is 7.35. The number of carbonyl (C=O) groups is 1. The molecule has 4 rings (SSSR count). The van der Waals surface area contributed by atoms with Crippen LogP contribution in [-0.4, -0.2) is 5.78 Å². The Hall–Kier alpha value is -2.75. The first-order chi connectivity index (χ1) is 13.5. The molecule has 0 atom stereocenters. The molecule has 0 unspecified atom stereocenters. The monoisotopic (exact) mass is 410 g/mol. The van der Waals surface area contributed by atoms with Gasteiger partial charge in [-0.1, -0.05) is 47.5 Å². The molecule has 0 amide bonds. The lowest BCUT2D eigenvalue weighted by molar-refractivity contribution is 0.101. The molecule has 0 spiro atoms. The van der Waals surface area contributed by atoms with Gasteiger partial charge in [0.05, 0.1) is 5.56 Å². The second kappa shape index (κ2) is 7.70. The van der Waals surface area contributed by atoms with Crippen LogP contribution in [0.25, 0.3) is 6.08 Å². The molecule has 0 aliphatic carbocycles. The molecule has 3 nitrogen and oxygen atoms in total. The fourth-order valence-corrected chi connectivity index (χ4v) is 3.36. The number of rotatable bonds is 4. The first kappa shape index (κ1) is 18.6. The summed E-state index contributed by atoms with van der Waals surface area (Å²) in [4.78, 5) is 12.7. The maximum absolute atomic E-state index is 12.7. The van der Waals surface area contributed by atoms with Crippen LogP contribution >= 0.6 is 23.2 Å². The summed E-state index contributed by atoms with van der Waals surface area (Å²) in [7, 11) is 0. The lowest BCUT2D eigenvalue weighted by atomic mass is 10.1. The summed E-state index contributed by atoms with van der Waals surface area (Å²) < 4.78 is 11.8. The lowest BCUT2D eigenvalue weighted by Crippen LogP contribution is -1.98. The van der Waals surface area contributed by atoms with E-state index in [1.165, 1.54) is 0 Å². The third-order valence-corrected chi connectivity index (χ3v) is 4.97. The van der Waals surface area contributed by atoms with Crippen molar-refractivity contribution in [3.63, 3.8) is 0 Å². The number of halogens is 2. The number of allylic oxidation sites excluding steroid dienone is 1. The molecule has 0 aromatic heterocycles. The minimum absolute atomic E-state index is 0.144. The largest absolute Gasteiger partial charge is 0.488 e. The molecule has 3 aromatic carbocycles. The molecule has 5 heteroatoms. The molecule has 1 aliphatic heterocycles. The summed E-state index contributed by atoms with van der Waals surface area (Å²) in [6.45, 7) is 2.26. The van der Waals surface area contributed by atoms with E-state index < -0.39 is 0 Å². The molecular formula is C23H16Cl2O3. The van der Waals surface area contributed by atoms with Crippen LogP contribution in [0.15, 0.2) is 66.4 Å². The maximum Gasteiger partial charge on any atom is 0.231 e. The van der Waals surface area contributed by atoms with E-state index in [9.17, 15) is 4.79 Å². The molecule has 1 aliphatic rings. The van der Waals surface area contributed by atoms with Crippen molar-refractivity contribution < 1.29 is 14.3 Å². The summed E-state index contributed by atoms with van der Waals surface area (Å²) in [5.41, 5.74) is 3.13. The van der Waals surface area contributed by atoms with E-state index in [0.717, 1.165) is 16.7 Å². The van der Waals surface area contributed by atoms with Crippen LogP contribution in [0, 0.1) is 6.92 Å². The van der Waals surface area contributed by atoms with E-state index in [4.69, 9.17) is 32.7 Å². The fourth-order valence-electron chi connectivity index (χ4n) is 3.02. The van der Waals surface area contributed by atoms with Gasteiger partial charge in [0.15, 0.2) is 5.76 Å². The molecule has 0 N–H and O–H groups in total. The highest BCUT2D eigenvalue weighted by atomic mass is 35.5. The van der Waals surface area contributed by atoms with Crippen LogP contribution in [0.4, 0.5) is 0 Å². The minimum atomic E-state index is -0.144. The number of fused-ring (bicyclic) bond motifs is 1. The molecule has 0 saturated carbocycles. The summed E-state index contributed by atoms with van der Waals surface area (Å²) in [6, 6.07) is 18.3. The van der Waals surface area contributed by atoms with Crippen LogP contribution in [0.2, 0.25) is 10.0 Å². The molecule has 0 bridgehead atoms. The van der Waals surface area contributed by atoms with Gasteiger partial charge in [-0.05, 0) is 60.5 Å². The highest BCUT2D eigenvalue weighted by molar-refractivity contribution is 6.30.